The van der Waals surface area contributed by atoms with Gasteiger partial charge in [-0.1, -0.05) is 35.5 Å². The highest BCUT2D eigenvalue weighted by atomic mass is 32.1. The number of benzene rings is 1. The molecule has 6 heteroatoms. The van der Waals surface area contributed by atoms with Crippen molar-refractivity contribution in [3.8, 4) is 11.4 Å². The maximum absolute atomic E-state index is 12.4. The van der Waals surface area contributed by atoms with Gasteiger partial charge in [-0.15, -0.1) is 11.3 Å². The summed E-state index contributed by atoms with van der Waals surface area (Å²) in [6.07, 6.45) is 5.22. The van der Waals surface area contributed by atoms with E-state index in [1.54, 1.807) is 17.4 Å². The van der Waals surface area contributed by atoms with Crippen LogP contribution >= 0.6 is 11.3 Å². The molecular weight excluding hydrogens is 358 g/mol. The van der Waals surface area contributed by atoms with Crippen LogP contribution < -0.4 is 0 Å². The second-order valence-corrected chi connectivity index (χ2v) is 7.70. The Bertz CT molecular complexity index is 938. The Labute approximate surface area is 162 Å². The fraction of sp³-hybridized carbons (Fsp3) is 0.286. The average Bonchev–Trinajstić information content (AvgIpc) is 3.39. The van der Waals surface area contributed by atoms with Gasteiger partial charge >= 0.3 is 0 Å². The van der Waals surface area contributed by atoms with E-state index >= 15 is 0 Å². The van der Waals surface area contributed by atoms with Gasteiger partial charge in [0.15, 0.2) is 0 Å². The standard InChI is InChI=1S/C21H21N3O2S/c1-15-5-2-3-7-18(15)20-22-21(26-23-20)16-10-12-24(13-11-16)19(25)9-8-17-6-4-14-27-17/h2-9,14,16H,10-13H2,1H3. The second kappa shape index (κ2) is 7.88. The average molecular weight is 379 g/mol. The Morgan fingerprint density at radius 2 is 2.04 bits per heavy atom. The summed E-state index contributed by atoms with van der Waals surface area (Å²) in [5.41, 5.74) is 2.13. The van der Waals surface area contributed by atoms with E-state index in [-0.39, 0.29) is 11.8 Å². The number of nitrogens with zero attached hydrogens (tertiary/aromatic N) is 3. The van der Waals surface area contributed by atoms with Crippen LogP contribution in [-0.2, 0) is 4.79 Å². The van der Waals surface area contributed by atoms with Gasteiger partial charge in [-0.05, 0) is 42.9 Å². The molecule has 0 aliphatic carbocycles. The van der Waals surface area contributed by atoms with Gasteiger partial charge in [0.25, 0.3) is 0 Å². The zero-order chi connectivity index (χ0) is 18.6. The molecule has 0 saturated carbocycles. The second-order valence-electron chi connectivity index (χ2n) is 6.72. The minimum absolute atomic E-state index is 0.0629. The molecule has 1 amide bonds. The number of aryl methyl sites for hydroxylation is 1. The summed E-state index contributed by atoms with van der Waals surface area (Å²) >= 11 is 1.63. The van der Waals surface area contributed by atoms with E-state index in [0.717, 1.165) is 28.8 Å². The van der Waals surface area contributed by atoms with Gasteiger partial charge in [0, 0.05) is 35.5 Å². The molecule has 0 spiro atoms. The summed E-state index contributed by atoms with van der Waals surface area (Å²) in [5, 5.41) is 6.16. The first-order valence-electron chi connectivity index (χ1n) is 9.11. The molecule has 1 aliphatic heterocycles. The molecule has 0 N–H and O–H groups in total. The van der Waals surface area contributed by atoms with Crippen LogP contribution in [0.25, 0.3) is 17.5 Å². The fourth-order valence-corrected chi connectivity index (χ4v) is 3.94. The molecule has 5 nitrogen and oxygen atoms in total. The molecule has 27 heavy (non-hydrogen) atoms. The summed E-state index contributed by atoms with van der Waals surface area (Å²) in [5.74, 6) is 1.59. The molecular formula is C21H21N3O2S. The summed E-state index contributed by atoms with van der Waals surface area (Å²) in [7, 11) is 0. The number of hydrogen-bond acceptors (Lipinski definition) is 5. The molecule has 0 radical (unpaired) electrons. The third-order valence-corrected chi connectivity index (χ3v) is 5.75. The van der Waals surface area contributed by atoms with Crippen LogP contribution in [-0.4, -0.2) is 34.0 Å². The van der Waals surface area contributed by atoms with Crippen molar-refractivity contribution >= 4 is 23.3 Å². The van der Waals surface area contributed by atoms with Crippen molar-refractivity contribution in [2.24, 2.45) is 0 Å². The quantitative estimate of drug-likeness (QED) is 0.625. The normalized spacial score (nSPS) is 15.5. The van der Waals surface area contributed by atoms with Crippen LogP contribution in [0.4, 0.5) is 0 Å². The lowest BCUT2D eigenvalue weighted by molar-refractivity contribution is -0.127. The van der Waals surface area contributed by atoms with Crippen molar-refractivity contribution in [1.29, 1.82) is 0 Å². The molecule has 0 unspecified atom stereocenters. The Balaban J connectivity index is 1.37. The van der Waals surface area contributed by atoms with E-state index in [1.807, 2.05) is 59.7 Å². The highest BCUT2D eigenvalue weighted by Gasteiger charge is 2.27. The lowest BCUT2D eigenvalue weighted by Crippen LogP contribution is -2.36. The highest BCUT2D eigenvalue weighted by molar-refractivity contribution is 7.10. The number of thiophene rings is 1. The van der Waals surface area contributed by atoms with Crippen molar-refractivity contribution in [1.82, 2.24) is 15.0 Å². The maximum Gasteiger partial charge on any atom is 0.246 e. The predicted octanol–water partition coefficient (Wildman–Crippen LogP) is 4.53. The first-order valence-corrected chi connectivity index (χ1v) is 9.99. The van der Waals surface area contributed by atoms with Crippen LogP contribution in [0.3, 0.4) is 0 Å². The van der Waals surface area contributed by atoms with Crippen molar-refractivity contribution in [2.75, 3.05) is 13.1 Å². The molecule has 0 atom stereocenters. The number of carbonyl (C=O) groups excluding carboxylic acids is 1. The Hall–Kier alpha value is -2.73. The largest absolute Gasteiger partial charge is 0.339 e. The van der Waals surface area contributed by atoms with Gasteiger partial charge in [-0.3, -0.25) is 4.79 Å². The number of carbonyl (C=O) groups is 1. The summed E-state index contributed by atoms with van der Waals surface area (Å²) < 4.78 is 5.53. The topological polar surface area (TPSA) is 59.2 Å². The van der Waals surface area contributed by atoms with Gasteiger partial charge in [0.2, 0.25) is 17.6 Å². The molecule has 1 aromatic carbocycles. The highest BCUT2D eigenvalue weighted by Crippen LogP contribution is 2.29. The van der Waals surface area contributed by atoms with E-state index in [4.69, 9.17) is 4.52 Å². The van der Waals surface area contributed by atoms with Gasteiger partial charge in [0.1, 0.15) is 0 Å². The third kappa shape index (κ3) is 4.01. The number of rotatable bonds is 4. The zero-order valence-corrected chi connectivity index (χ0v) is 16.0. The summed E-state index contributed by atoms with van der Waals surface area (Å²) in [6, 6.07) is 12.0. The van der Waals surface area contributed by atoms with E-state index in [1.165, 1.54) is 0 Å². The molecule has 1 aliphatic rings. The molecule has 2 aromatic heterocycles. The number of hydrogen-bond donors (Lipinski definition) is 0. The van der Waals surface area contributed by atoms with Crippen molar-refractivity contribution in [3.05, 3.63) is 64.2 Å². The van der Waals surface area contributed by atoms with Gasteiger partial charge < -0.3 is 9.42 Å². The van der Waals surface area contributed by atoms with E-state index in [0.29, 0.717) is 24.8 Å². The first kappa shape index (κ1) is 17.7. The number of likely N-dealkylation sites (tertiary alicyclic amines) is 1. The zero-order valence-electron chi connectivity index (χ0n) is 15.2. The van der Waals surface area contributed by atoms with Gasteiger partial charge in [0.05, 0.1) is 0 Å². The van der Waals surface area contributed by atoms with Crippen molar-refractivity contribution in [2.45, 2.75) is 25.7 Å². The lowest BCUT2D eigenvalue weighted by atomic mass is 9.96. The third-order valence-electron chi connectivity index (χ3n) is 4.92. The Morgan fingerprint density at radius 1 is 1.22 bits per heavy atom. The maximum atomic E-state index is 12.4. The van der Waals surface area contributed by atoms with Crippen LogP contribution in [0, 0.1) is 6.92 Å². The molecule has 1 fully saturated rings. The minimum atomic E-state index is 0.0629. The Morgan fingerprint density at radius 3 is 2.78 bits per heavy atom. The molecule has 0 bridgehead atoms. The Kier molecular flexibility index (Phi) is 5.16. The number of amides is 1. The van der Waals surface area contributed by atoms with Crippen molar-refractivity contribution < 1.29 is 9.32 Å². The first-order chi connectivity index (χ1) is 13.2. The summed E-state index contributed by atoms with van der Waals surface area (Å²) in [6.45, 7) is 3.46. The summed E-state index contributed by atoms with van der Waals surface area (Å²) in [4.78, 5) is 19.9. The smallest absolute Gasteiger partial charge is 0.246 e. The minimum Gasteiger partial charge on any atom is -0.339 e. The molecule has 3 aromatic rings. The van der Waals surface area contributed by atoms with Crippen LogP contribution in [0.2, 0.25) is 0 Å². The van der Waals surface area contributed by atoms with Crippen LogP contribution in [0.5, 0.6) is 0 Å². The number of piperidine rings is 1. The monoisotopic (exact) mass is 379 g/mol. The van der Waals surface area contributed by atoms with Gasteiger partial charge in [-0.25, -0.2) is 0 Å². The van der Waals surface area contributed by atoms with Crippen LogP contribution in [0.15, 0.2) is 52.4 Å². The molecule has 4 rings (SSSR count). The number of aromatic nitrogens is 2. The molecule has 138 valence electrons. The molecule has 1 saturated heterocycles. The van der Waals surface area contributed by atoms with E-state index < -0.39 is 0 Å². The van der Waals surface area contributed by atoms with Crippen LogP contribution in [0.1, 0.15) is 35.1 Å². The predicted molar refractivity (Wildman–Crippen MR) is 106 cm³/mol. The SMILES string of the molecule is Cc1ccccc1-c1noc(C2CCN(C(=O)C=Cc3cccs3)CC2)n1. The lowest BCUT2D eigenvalue weighted by Gasteiger charge is -2.29. The fourth-order valence-electron chi connectivity index (χ4n) is 3.33. The van der Waals surface area contributed by atoms with Gasteiger partial charge in [-0.2, -0.15) is 4.98 Å². The molecule has 3 heterocycles. The van der Waals surface area contributed by atoms with E-state index in [2.05, 4.69) is 10.1 Å². The van der Waals surface area contributed by atoms with E-state index in [9.17, 15) is 4.79 Å². The van der Waals surface area contributed by atoms with Crippen molar-refractivity contribution in [3.63, 3.8) is 0 Å².